The van der Waals surface area contributed by atoms with Crippen molar-refractivity contribution in [3.63, 3.8) is 0 Å². The molecule has 1 heterocycles. The Balaban J connectivity index is 1.66. The van der Waals surface area contributed by atoms with Crippen molar-refractivity contribution >= 4 is 23.4 Å². The van der Waals surface area contributed by atoms with E-state index in [1.807, 2.05) is 44.2 Å². The summed E-state index contributed by atoms with van der Waals surface area (Å²) in [6.07, 6.45) is 0.809. The number of benzene rings is 2. The van der Waals surface area contributed by atoms with Crippen LogP contribution in [0.4, 0.5) is 0 Å². The zero-order chi connectivity index (χ0) is 24.8. The highest BCUT2D eigenvalue weighted by Gasteiger charge is 2.20. The number of methoxy groups -OCH3 is 3. The second kappa shape index (κ2) is 11.1. The van der Waals surface area contributed by atoms with Crippen LogP contribution in [0.5, 0.6) is 17.2 Å². The Morgan fingerprint density at radius 2 is 1.65 bits per heavy atom. The molecule has 0 aliphatic heterocycles. The molecule has 3 rings (SSSR count). The van der Waals surface area contributed by atoms with E-state index < -0.39 is 5.97 Å². The second-order valence-electron chi connectivity index (χ2n) is 7.73. The number of aromatic nitrogens is 1. The van der Waals surface area contributed by atoms with Crippen LogP contribution in [-0.2, 0) is 17.7 Å². The Labute approximate surface area is 204 Å². The standard InChI is InChI=1S/C26H28ClNO6/c1-16-12-21(17(2)28(16)11-10-18-6-8-20(31-3)9-7-18)23(29)15-34-26(30)19-13-22(27)25(33-5)24(14-19)32-4/h6-9,12-14H,10-11,15H2,1-5H3. The number of aryl methyl sites for hydroxylation is 2. The number of halogens is 1. The van der Waals surface area contributed by atoms with Crippen LogP contribution in [-0.4, -0.2) is 44.3 Å². The van der Waals surface area contributed by atoms with Gasteiger partial charge in [0.1, 0.15) is 5.75 Å². The molecule has 0 aliphatic carbocycles. The average Bonchev–Trinajstić information content (AvgIpc) is 3.13. The average molecular weight is 486 g/mol. The van der Waals surface area contributed by atoms with Crippen LogP contribution in [0.3, 0.4) is 0 Å². The predicted molar refractivity (Wildman–Crippen MR) is 130 cm³/mol. The highest BCUT2D eigenvalue weighted by atomic mass is 35.5. The maximum Gasteiger partial charge on any atom is 0.338 e. The first-order valence-electron chi connectivity index (χ1n) is 10.7. The molecule has 0 saturated heterocycles. The van der Waals surface area contributed by atoms with Gasteiger partial charge in [0.05, 0.1) is 31.9 Å². The van der Waals surface area contributed by atoms with E-state index in [0.717, 1.165) is 30.1 Å². The third-order valence-electron chi connectivity index (χ3n) is 5.66. The first kappa shape index (κ1) is 25.2. The summed E-state index contributed by atoms with van der Waals surface area (Å²) < 4.78 is 22.9. The van der Waals surface area contributed by atoms with Gasteiger partial charge >= 0.3 is 5.97 Å². The number of rotatable bonds is 10. The number of ketones is 1. The number of hydrogen-bond donors (Lipinski definition) is 0. The second-order valence-corrected chi connectivity index (χ2v) is 8.13. The van der Waals surface area contributed by atoms with Crippen LogP contribution >= 0.6 is 11.6 Å². The Bertz CT molecular complexity index is 1180. The molecule has 1 aromatic heterocycles. The first-order valence-corrected chi connectivity index (χ1v) is 11.1. The van der Waals surface area contributed by atoms with Gasteiger partial charge in [-0.1, -0.05) is 23.7 Å². The SMILES string of the molecule is COc1ccc(CCn2c(C)cc(C(=O)COC(=O)c3cc(Cl)c(OC)c(OC)c3)c2C)cc1. The van der Waals surface area contributed by atoms with Gasteiger partial charge in [-0.25, -0.2) is 4.79 Å². The summed E-state index contributed by atoms with van der Waals surface area (Å²) in [4.78, 5) is 25.3. The van der Waals surface area contributed by atoms with E-state index in [1.54, 1.807) is 7.11 Å². The van der Waals surface area contributed by atoms with Crippen molar-refractivity contribution in [1.29, 1.82) is 0 Å². The minimum absolute atomic E-state index is 0.167. The minimum atomic E-state index is -0.676. The molecule has 180 valence electrons. The molecule has 2 aromatic carbocycles. The quantitative estimate of drug-likeness (QED) is 0.295. The van der Waals surface area contributed by atoms with E-state index in [0.29, 0.717) is 17.1 Å². The van der Waals surface area contributed by atoms with Gasteiger partial charge in [0.2, 0.25) is 5.78 Å². The molecular weight excluding hydrogens is 458 g/mol. The summed E-state index contributed by atoms with van der Waals surface area (Å²) in [7, 11) is 4.53. The summed E-state index contributed by atoms with van der Waals surface area (Å²) >= 11 is 6.16. The summed E-state index contributed by atoms with van der Waals surface area (Å²) in [5, 5.41) is 0.209. The van der Waals surface area contributed by atoms with Gasteiger partial charge in [-0.05, 0) is 56.2 Å². The lowest BCUT2D eigenvalue weighted by molar-refractivity contribution is 0.0474. The number of carbonyl (C=O) groups is 2. The van der Waals surface area contributed by atoms with Crippen molar-refractivity contribution in [1.82, 2.24) is 4.57 Å². The molecule has 8 heteroatoms. The molecule has 0 fully saturated rings. The van der Waals surface area contributed by atoms with Crippen LogP contribution < -0.4 is 14.2 Å². The van der Waals surface area contributed by atoms with Crippen LogP contribution in [0.2, 0.25) is 5.02 Å². The number of Topliss-reactive ketones (excluding diaryl/α,β-unsaturated/α-hetero) is 1. The monoisotopic (exact) mass is 485 g/mol. The van der Waals surface area contributed by atoms with E-state index >= 15 is 0 Å². The van der Waals surface area contributed by atoms with Crippen molar-refractivity contribution in [2.75, 3.05) is 27.9 Å². The minimum Gasteiger partial charge on any atom is -0.497 e. The van der Waals surface area contributed by atoms with Gasteiger partial charge in [-0.3, -0.25) is 4.79 Å². The van der Waals surface area contributed by atoms with Crippen molar-refractivity contribution in [2.24, 2.45) is 0 Å². The molecule has 0 saturated carbocycles. The Morgan fingerprint density at radius 3 is 2.26 bits per heavy atom. The highest BCUT2D eigenvalue weighted by Crippen LogP contribution is 2.36. The molecule has 0 amide bonds. The fourth-order valence-corrected chi connectivity index (χ4v) is 4.08. The summed E-state index contributed by atoms with van der Waals surface area (Å²) in [6.45, 7) is 4.19. The zero-order valence-electron chi connectivity index (χ0n) is 19.9. The number of esters is 1. The number of hydrogen-bond acceptors (Lipinski definition) is 6. The molecule has 7 nitrogen and oxygen atoms in total. The maximum atomic E-state index is 12.8. The van der Waals surface area contributed by atoms with Crippen molar-refractivity contribution in [3.05, 3.63) is 75.6 Å². The molecule has 0 atom stereocenters. The molecule has 0 bridgehead atoms. The fraction of sp³-hybridized carbons (Fsp3) is 0.308. The molecule has 34 heavy (non-hydrogen) atoms. The maximum absolute atomic E-state index is 12.8. The van der Waals surface area contributed by atoms with E-state index in [1.165, 1.54) is 31.9 Å². The predicted octanol–water partition coefficient (Wildman–Crippen LogP) is 5.07. The molecule has 0 spiro atoms. The molecule has 0 unspecified atom stereocenters. The third-order valence-corrected chi connectivity index (χ3v) is 5.94. The molecule has 0 aliphatic rings. The van der Waals surface area contributed by atoms with Gasteiger partial charge in [0, 0.05) is 23.5 Å². The Kier molecular flexibility index (Phi) is 8.23. The van der Waals surface area contributed by atoms with Crippen molar-refractivity contribution in [3.8, 4) is 17.2 Å². The summed E-state index contributed by atoms with van der Waals surface area (Å²) in [5.41, 5.74) is 3.67. The molecule has 3 aromatic rings. The van der Waals surface area contributed by atoms with E-state index in [4.69, 9.17) is 30.5 Å². The molecule has 0 radical (unpaired) electrons. The van der Waals surface area contributed by atoms with Crippen LogP contribution in [0, 0.1) is 13.8 Å². The Morgan fingerprint density at radius 1 is 0.941 bits per heavy atom. The lowest BCUT2D eigenvalue weighted by Crippen LogP contribution is -2.15. The van der Waals surface area contributed by atoms with E-state index in [-0.39, 0.29) is 23.0 Å². The smallest absolute Gasteiger partial charge is 0.338 e. The largest absolute Gasteiger partial charge is 0.497 e. The van der Waals surface area contributed by atoms with Gasteiger partial charge < -0.3 is 23.5 Å². The molecule has 0 N–H and O–H groups in total. The topological polar surface area (TPSA) is 76.0 Å². The van der Waals surface area contributed by atoms with Crippen molar-refractivity contribution in [2.45, 2.75) is 26.8 Å². The van der Waals surface area contributed by atoms with Crippen LogP contribution in [0.25, 0.3) is 0 Å². The third kappa shape index (κ3) is 5.54. The van der Waals surface area contributed by atoms with Crippen LogP contribution in [0.15, 0.2) is 42.5 Å². The number of nitrogens with zero attached hydrogens (tertiary/aromatic N) is 1. The van der Waals surface area contributed by atoms with Crippen LogP contribution in [0.1, 0.15) is 37.7 Å². The van der Waals surface area contributed by atoms with Gasteiger partial charge in [-0.15, -0.1) is 0 Å². The summed E-state index contributed by atoms with van der Waals surface area (Å²) in [6, 6.07) is 12.6. The van der Waals surface area contributed by atoms with Crippen molar-refractivity contribution < 1.29 is 28.5 Å². The molecular formula is C26H28ClNO6. The van der Waals surface area contributed by atoms with E-state index in [9.17, 15) is 9.59 Å². The Hall–Kier alpha value is -3.45. The van der Waals surface area contributed by atoms with Gasteiger partial charge in [0.25, 0.3) is 0 Å². The lowest BCUT2D eigenvalue weighted by Gasteiger charge is -2.12. The number of ether oxygens (including phenoxy) is 4. The van der Waals surface area contributed by atoms with Gasteiger partial charge in [-0.2, -0.15) is 0 Å². The summed E-state index contributed by atoms with van der Waals surface area (Å²) in [5.74, 6) is 0.482. The lowest BCUT2D eigenvalue weighted by atomic mass is 10.1. The fourth-order valence-electron chi connectivity index (χ4n) is 3.79. The normalized spacial score (nSPS) is 10.6. The van der Waals surface area contributed by atoms with E-state index in [2.05, 4.69) is 4.57 Å². The van der Waals surface area contributed by atoms with Gasteiger partial charge in [0.15, 0.2) is 18.1 Å². The highest BCUT2D eigenvalue weighted by molar-refractivity contribution is 6.32. The number of carbonyl (C=O) groups excluding carboxylic acids is 2. The first-order chi connectivity index (χ1) is 16.3. The zero-order valence-corrected chi connectivity index (χ0v) is 20.7.